The molecule has 2 aromatic carbocycles. The lowest BCUT2D eigenvalue weighted by Crippen LogP contribution is -2.40. The zero-order valence-corrected chi connectivity index (χ0v) is 14.3. The number of rotatable bonds is 4. The molecule has 0 radical (unpaired) electrons. The lowest BCUT2D eigenvalue weighted by atomic mass is 10.1. The normalized spacial score (nSPS) is 17.8. The molecular formula is C20H22N2O2. The van der Waals surface area contributed by atoms with Crippen LogP contribution in [0.5, 0.6) is 0 Å². The van der Waals surface area contributed by atoms with Gasteiger partial charge in [-0.3, -0.25) is 14.5 Å². The number of carbonyl (C=O) groups is 2. The third-order valence-corrected chi connectivity index (χ3v) is 4.52. The van der Waals surface area contributed by atoms with E-state index in [4.69, 9.17) is 0 Å². The molecule has 0 saturated carbocycles. The van der Waals surface area contributed by atoms with Crippen molar-refractivity contribution in [1.29, 1.82) is 0 Å². The highest BCUT2D eigenvalue weighted by molar-refractivity contribution is 6.22. The van der Waals surface area contributed by atoms with Crippen LogP contribution >= 0.6 is 0 Å². The maximum atomic E-state index is 12.8. The summed E-state index contributed by atoms with van der Waals surface area (Å²) < 4.78 is 0. The summed E-state index contributed by atoms with van der Waals surface area (Å²) in [5, 5.41) is 0. The second kappa shape index (κ2) is 6.57. The van der Waals surface area contributed by atoms with Crippen LogP contribution in [-0.4, -0.2) is 29.8 Å². The number of aryl methyl sites for hydroxylation is 2. The summed E-state index contributed by atoms with van der Waals surface area (Å²) in [6.45, 7) is 4.58. The van der Waals surface area contributed by atoms with Gasteiger partial charge in [-0.15, -0.1) is 0 Å². The van der Waals surface area contributed by atoms with E-state index in [1.165, 1.54) is 4.90 Å². The first-order chi connectivity index (χ1) is 11.5. The maximum absolute atomic E-state index is 12.8. The second-order valence-electron chi connectivity index (χ2n) is 6.48. The van der Waals surface area contributed by atoms with Crippen molar-refractivity contribution in [2.45, 2.75) is 32.9 Å². The summed E-state index contributed by atoms with van der Waals surface area (Å²) in [7, 11) is 1.90. The second-order valence-corrected chi connectivity index (χ2v) is 6.48. The fraction of sp³-hybridized carbons (Fsp3) is 0.300. The third kappa shape index (κ3) is 3.10. The quantitative estimate of drug-likeness (QED) is 0.812. The first-order valence-electron chi connectivity index (χ1n) is 8.15. The summed E-state index contributed by atoms with van der Waals surface area (Å²) in [5.74, 6) is -0.262. The van der Waals surface area contributed by atoms with E-state index in [1.807, 2.05) is 74.3 Å². The van der Waals surface area contributed by atoms with Crippen LogP contribution in [0.2, 0.25) is 0 Å². The van der Waals surface area contributed by atoms with Crippen LogP contribution in [-0.2, 0) is 16.1 Å². The Kier molecular flexibility index (Phi) is 4.49. The standard InChI is InChI=1S/C20H22N2O2/c1-14-9-10-17(15(2)11-14)22-19(23)12-18(20(22)24)21(3)13-16-7-5-4-6-8-16/h4-11,18H,12-13H2,1-3H3. The molecule has 1 aliphatic heterocycles. The van der Waals surface area contributed by atoms with Gasteiger partial charge in [-0.1, -0.05) is 48.0 Å². The fourth-order valence-corrected chi connectivity index (χ4v) is 3.25. The van der Waals surface area contributed by atoms with E-state index < -0.39 is 6.04 Å². The van der Waals surface area contributed by atoms with E-state index in [1.54, 1.807) is 0 Å². The Morgan fingerprint density at radius 2 is 1.79 bits per heavy atom. The van der Waals surface area contributed by atoms with Gasteiger partial charge in [-0.25, -0.2) is 4.90 Å². The molecule has 4 nitrogen and oxygen atoms in total. The summed E-state index contributed by atoms with van der Waals surface area (Å²) in [5.41, 5.74) is 3.90. The van der Waals surface area contributed by atoms with Crippen molar-refractivity contribution in [3.8, 4) is 0 Å². The van der Waals surface area contributed by atoms with E-state index in [0.717, 1.165) is 16.7 Å². The molecule has 2 amide bonds. The molecule has 4 heteroatoms. The lowest BCUT2D eigenvalue weighted by Gasteiger charge is -2.23. The number of hydrogen-bond acceptors (Lipinski definition) is 3. The highest BCUT2D eigenvalue weighted by Gasteiger charge is 2.42. The van der Waals surface area contributed by atoms with Crippen LogP contribution < -0.4 is 4.90 Å². The van der Waals surface area contributed by atoms with E-state index in [2.05, 4.69) is 0 Å². The van der Waals surface area contributed by atoms with E-state index in [0.29, 0.717) is 12.2 Å². The summed E-state index contributed by atoms with van der Waals surface area (Å²) >= 11 is 0. The monoisotopic (exact) mass is 322 g/mol. The molecule has 1 heterocycles. The first-order valence-corrected chi connectivity index (χ1v) is 8.15. The minimum atomic E-state index is -0.404. The number of benzene rings is 2. The predicted molar refractivity (Wildman–Crippen MR) is 94.7 cm³/mol. The largest absolute Gasteiger partial charge is 0.290 e. The molecule has 2 aromatic rings. The van der Waals surface area contributed by atoms with Gasteiger partial charge in [-0.05, 0) is 38.1 Å². The Balaban J connectivity index is 1.81. The zero-order valence-electron chi connectivity index (χ0n) is 14.3. The molecule has 0 N–H and O–H groups in total. The number of likely N-dealkylation sites (N-methyl/N-ethyl adjacent to an activating group) is 1. The van der Waals surface area contributed by atoms with Crippen LogP contribution in [0.1, 0.15) is 23.1 Å². The molecule has 0 aromatic heterocycles. The van der Waals surface area contributed by atoms with Gasteiger partial charge in [0, 0.05) is 6.54 Å². The topological polar surface area (TPSA) is 40.6 Å². The maximum Gasteiger partial charge on any atom is 0.251 e. The van der Waals surface area contributed by atoms with Crippen molar-refractivity contribution >= 4 is 17.5 Å². The predicted octanol–water partition coefficient (Wildman–Crippen LogP) is 3.07. The molecule has 1 fully saturated rings. The van der Waals surface area contributed by atoms with Crippen molar-refractivity contribution in [2.24, 2.45) is 0 Å². The minimum Gasteiger partial charge on any atom is -0.290 e. The zero-order chi connectivity index (χ0) is 17.3. The van der Waals surface area contributed by atoms with Gasteiger partial charge < -0.3 is 0 Å². The van der Waals surface area contributed by atoms with Gasteiger partial charge in [-0.2, -0.15) is 0 Å². The van der Waals surface area contributed by atoms with Gasteiger partial charge in [0.1, 0.15) is 0 Å². The SMILES string of the molecule is Cc1ccc(N2C(=O)CC(N(C)Cc3ccccc3)C2=O)c(C)c1. The van der Waals surface area contributed by atoms with E-state index in [-0.39, 0.29) is 18.2 Å². The summed E-state index contributed by atoms with van der Waals surface area (Å²) in [6, 6.07) is 15.4. The molecular weight excluding hydrogens is 300 g/mol. The average Bonchev–Trinajstić information content (AvgIpc) is 2.84. The van der Waals surface area contributed by atoms with Crippen LogP contribution in [0.25, 0.3) is 0 Å². The fourth-order valence-electron chi connectivity index (χ4n) is 3.25. The van der Waals surface area contributed by atoms with E-state index in [9.17, 15) is 9.59 Å². The van der Waals surface area contributed by atoms with Gasteiger partial charge in [0.25, 0.3) is 5.91 Å². The molecule has 3 rings (SSSR count). The molecule has 1 unspecified atom stereocenters. The molecule has 0 spiro atoms. The molecule has 0 aliphatic carbocycles. The molecule has 1 saturated heterocycles. The number of amides is 2. The Morgan fingerprint density at radius 3 is 2.46 bits per heavy atom. The Bertz CT molecular complexity index is 770. The van der Waals surface area contributed by atoms with Crippen molar-refractivity contribution < 1.29 is 9.59 Å². The molecule has 1 atom stereocenters. The van der Waals surface area contributed by atoms with Crippen LogP contribution in [0.15, 0.2) is 48.5 Å². The number of carbonyl (C=O) groups excluding carboxylic acids is 2. The van der Waals surface area contributed by atoms with Crippen LogP contribution in [0.3, 0.4) is 0 Å². The molecule has 1 aliphatic rings. The first kappa shape index (κ1) is 16.4. The van der Waals surface area contributed by atoms with Crippen molar-refractivity contribution in [3.05, 3.63) is 65.2 Å². The Morgan fingerprint density at radius 1 is 1.08 bits per heavy atom. The number of nitrogens with zero attached hydrogens (tertiary/aromatic N) is 2. The third-order valence-electron chi connectivity index (χ3n) is 4.52. The van der Waals surface area contributed by atoms with Gasteiger partial charge in [0.05, 0.1) is 18.2 Å². The van der Waals surface area contributed by atoms with Crippen LogP contribution in [0.4, 0.5) is 5.69 Å². The highest BCUT2D eigenvalue weighted by atomic mass is 16.2. The Hall–Kier alpha value is -2.46. The summed E-state index contributed by atoms with van der Waals surface area (Å²) in [6.07, 6.45) is 0.232. The number of hydrogen-bond donors (Lipinski definition) is 0. The number of imide groups is 1. The highest BCUT2D eigenvalue weighted by Crippen LogP contribution is 2.29. The van der Waals surface area contributed by atoms with E-state index >= 15 is 0 Å². The average molecular weight is 322 g/mol. The van der Waals surface area contributed by atoms with Crippen molar-refractivity contribution in [1.82, 2.24) is 4.90 Å². The van der Waals surface area contributed by atoms with Gasteiger partial charge >= 0.3 is 0 Å². The van der Waals surface area contributed by atoms with Crippen molar-refractivity contribution in [2.75, 3.05) is 11.9 Å². The summed E-state index contributed by atoms with van der Waals surface area (Å²) in [4.78, 5) is 28.6. The molecule has 24 heavy (non-hydrogen) atoms. The molecule has 0 bridgehead atoms. The lowest BCUT2D eigenvalue weighted by molar-refractivity contribution is -0.122. The molecule has 124 valence electrons. The number of anilines is 1. The van der Waals surface area contributed by atoms with Gasteiger partial charge in [0.2, 0.25) is 5.91 Å². The Labute approximate surface area is 142 Å². The van der Waals surface area contributed by atoms with Gasteiger partial charge in [0.15, 0.2) is 0 Å². The van der Waals surface area contributed by atoms with Crippen LogP contribution in [0, 0.1) is 13.8 Å². The smallest absolute Gasteiger partial charge is 0.251 e. The minimum absolute atomic E-state index is 0.128. The van der Waals surface area contributed by atoms with Crippen molar-refractivity contribution in [3.63, 3.8) is 0 Å².